The molecule has 0 saturated heterocycles. The summed E-state index contributed by atoms with van der Waals surface area (Å²) in [6.45, 7) is 8.02. The molecule has 4 amide bonds. The van der Waals surface area contributed by atoms with Gasteiger partial charge in [0.15, 0.2) is 5.82 Å². The summed E-state index contributed by atoms with van der Waals surface area (Å²) < 4.78 is 21.1. The average molecular weight is 1080 g/mol. The molecule has 8 aromatic rings. The number of carbonyl (C=O) groups excluding carboxylic acids is 4. The third-order valence-corrected chi connectivity index (χ3v) is 13.5. The molecule has 1 radical (unpaired) electrons. The molecule has 0 fully saturated rings. The number of hydrogen-bond donors (Lipinski definition) is 5. The van der Waals surface area contributed by atoms with Crippen molar-refractivity contribution >= 4 is 79.4 Å². The Kier molecular flexibility index (Phi) is 16.1. The van der Waals surface area contributed by atoms with Crippen LogP contribution in [0.25, 0.3) is 33.1 Å². The van der Waals surface area contributed by atoms with Crippen molar-refractivity contribution in [2.45, 2.75) is 91.3 Å². The number of pyridine rings is 1. The van der Waals surface area contributed by atoms with Crippen LogP contribution in [0.5, 0.6) is 0 Å². The number of nitrogen functional groups attached to an aromatic ring is 1. The Labute approximate surface area is 442 Å². The number of aryl methyl sites for hydroxylation is 1. The summed E-state index contributed by atoms with van der Waals surface area (Å²) in [6, 6.07) is 34.7. The third-order valence-electron chi connectivity index (χ3n) is 13.2. The van der Waals surface area contributed by atoms with Crippen LogP contribution >= 0.6 is 0 Å². The number of nitrogens with one attached hydrogen (secondary N) is 4. The van der Waals surface area contributed by atoms with E-state index in [9.17, 15) is 19.2 Å². The van der Waals surface area contributed by atoms with Gasteiger partial charge in [0, 0.05) is 30.0 Å². The molecule has 18 nitrogen and oxygen atoms in total. The van der Waals surface area contributed by atoms with Gasteiger partial charge in [0.25, 0.3) is 0 Å². The summed E-state index contributed by atoms with van der Waals surface area (Å²) in [7, 11) is 0. The largest absolute Gasteiger partial charge is 0.0552 e. The zero-order valence-corrected chi connectivity index (χ0v) is 43.8. The average Bonchev–Trinajstić information content (AvgIpc) is 4.09. The van der Waals surface area contributed by atoms with Crippen LogP contribution in [0.3, 0.4) is 0 Å². The number of hydrogen-bond acceptors (Lipinski definition) is 12. The van der Waals surface area contributed by atoms with Crippen LogP contribution in [0, 0.1) is 5.92 Å². The number of nitrogens with two attached hydrogens (primary N) is 1. The maximum Gasteiger partial charge on any atom is -0.0381 e. The minimum absolute atomic E-state index is 0.0704. The molecule has 0 spiro atoms. The molecule has 0 aliphatic heterocycles. The van der Waals surface area contributed by atoms with E-state index in [-0.39, 0.29) is 38.3 Å². The first-order valence-electron chi connectivity index (χ1n) is 24.9. The van der Waals surface area contributed by atoms with E-state index in [0.29, 0.717) is 46.1 Å². The summed E-state index contributed by atoms with van der Waals surface area (Å²) in [5.41, 5.74) is 17.0. The summed E-state index contributed by atoms with van der Waals surface area (Å²) >= 11 is 2.74. The van der Waals surface area contributed by atoms with Gasteiger partial charge in [-0.2, -0.15) is 0 Å². The predicted molar refractivity (Wildman–Crippen MR) is 287 cm³/mol. The van der Waals surface area contributed by atoms with Crippen molar-refractivity contribution in [3.05, 3.63) is 161 Å². The molecule has 75 heavy (non-hydrogen) atoms. The van der Waals surface area contributed by atoms with Crippen molar-refractivity contribution in [2.24, 2.45) is 5.92 Å². The second-order valence-corrected chi connectivity index (χ2v) is 19.6. The molecule has 2 atom stereocenters. The minimum Gasteiger partial charge on any atom is -0.0552 e. The Morgan fingerprint density at radius 1 is 0.747 bits per heavy atom. The number of benzene rings is 5. The zero-order chi connectivity index (χ0) is 52.6. The number of aromatic nitrogens is 6. The number of carbonyl (C=O) groups is 4. The summed E-state index contributed by atoms with van der Waals surface area (Å²) in [5, 5.41) is 20.1. The smallest absolute Gasteiger partial charge is 0.0381 e. The van der Waals surface area contributed by atoms with Gasteiger partial charge in [-0.3, -0.25) is 4.79 Å². The molecule has 1 aliphatic carbocycles. The van der Waals surface area contributed by atoms with Gasteiger partial charge in [-0.15, -0.1) is 0 Å². The molecule has 0 saturated carbocycles. The normalized spacial score (nSPS) is 12.8. The van der Waals surface area contributed by atoms with Crippen molar-refractivity contribution in [3.8, 4) is 11.1 Å². The van der Waals surface area contributed by atoms with Crippen LogP contribution in [-0.2, 0) is 56.6 Å². The van der Waals surface area contributed by atoms with Crippen LogP contribution in [0.1, 0.15) is 85.8 Å². The first-order chi connectivity index (χ1) is 36.3. The topological polar surface area (TPSA) is 232 Å². The van der Waals surface area contributed by atoms with Crippen LogP contribution in [-0.4, -0.2) is 87.5 Å². The fraction of sp³-hybridized carbons (Fsp3) is 0.286. The van der Waals surface area contributed by atoms with Crippen molar-refractivity contribution in [1.82, 2.24) is 39.2 Å². The second-order valence-electron chi connectivity index (χ2n) is 18.8. The number of unbranched alkanes of at least 4 members (excludes halogenated alkanes) is 1. The van der Waals surface area contributed by atoms with Gasteiger partial charge in [0.05, 0.1) is 11.0 Å². The first-order valence-corrected chi connectivity index (χ1v) is 25.7. The van der Waals surface area contributed by atoms with Gasteiger partial charge < -0.3 is 25.7 Å². The second kappa shape index (κ2) is 23.4. The number of amides is 4. The van der Waals surface area contributed by atoms with Gasteiger partial charge in [-0.25, -0.2) is 14.8 Å². The van der Waals surface area contributed by atoms with Crippen molar-refractivity contribution < 1.29 is 33.4 Å². The van der Waals surface area contributed by atoms with Gasteiger partial charge in [0.2, 0.25) is 5.91 Å². The van der Waals surface area contributed by atoms with Gasteiger partial charge >= 0.3 is 151 Å². The van der Waals surface area contributed by atoms with Gasteiger partial charge in [-0.1, -0.05) is 106 Å². The molecule has 9 rings (SSSR count). The van der Waals surface area contributed by atoms with E-state index in [0.717, 1.165) is 69.3 Å². The van der Waals surface area contributed by atoms with Crippen LogP contribution in [0.15, 0.2) is 121 Å². The number of fused-ring (bicyclic) bond motifs is 6. The molecule has 6 N–H and O–H groups in total. The molecule has 19 heteroatoms. The van der Waals surface area contributed by atoms with E-state index in [1.807, 2.05) is 84.9 Å². The van der Waals surface area contributed by atoms with E-state index >= 15 is 0 Å². The molecular formula is C56H58N11O7Se. The summed E-state index contributed by atoms with van der Waals surface area (Å²) in [6.07, 6.45) is 3.07. The molecular weight excluding hydrogens is 1020 g/mol. The standard InChI is InChI=1S/C56H58N11O7Se/c1-5-6-19-48-62-50-51(45-17-11-12-18-47(45)61-52(50)57)66(48)27-35-20-23-38(24-21-35)60-55(70)73-30-36-22-25-39(26-37(36)29-72-31-40-28-67(75)65-64-40)59-53(68)34(4)58-54(69)49(33(2)3)63-56(71)74-32-46-43-15-9-7-13-41(43)42-14-8-10-16-44(42)46/h7-18,20-26,28,33-34,46,49H,5-6,19,27,29-32H2,1-4H3,(H2,57,61)(H,58,69)(H,59,68)(H,60,70)(H,63,71)/t34-,49-/m0/s1. The van der Waals surface area contributed by atoms with Crippen molar-refractivity contribution in [3.63, 3.8) is 0 Å². The van der Waals surface area contributed by atoms with Crippen LogP contribution < -0.4 is 27.0 Å². The number of ether oxygens (including phenoxy) is 3. The van der Waals surface area contributed by atoms with Crippen LogP contribution in [0.4, 0.5) is 26.8 Å². The number of rotatable bonds is 20. The molecule has 0 bridgehead atoms. The molecule has 5 aromatic carbocycles. The van der Waals surface area contributed by atoms with Crippen LogP contribution in [0.2, 0.25) is 0 Å². The van der Waals surface area contributed by atoms with Gasteiger partial charge in [0.1, 0.15) is 24.0 Å². The Morgan fingerprint density at radius 3 is 2.16 bits per heavy atom. The van der Waals surface area contributed by atoms with E-state index in [4.69, 9.17) is 24.9 Å². The third kappa shape index (κ3) is 12.1. The van der Waals surface area contributed by atoms with Gasteiger partial charge in [-0.05, 0) is 65.3 Å². The summed E-state index contributed by atoms with van der Waals surface area (Å²) in [4.78, 5) is 63.2. The molecule has 0 unspecified atom stereocenters. The number of para-hydroxylation sites is 1. The minimum atomic E-state index is -0.997. The monoisotopic (exact) mass is 1080 g/mol. The van der Waals surface area contributed by atoms with E-state index in [1.54, 1.807) is 45.2 Å². The predicted octanol–water partition coefficient (Wildman–Crippen LogP) is 8.55. The number of anilines is 3. The SMILES string of the molecule is CCCCc1nc2c(N)nc3ccccc3c2n1Cc1ccc(NC(=O)OCc2ccc(NC(=O)[C@H](C)NC(=O)[C@@H](NC(=O)OCC3c4ccccc4-c4ccccc43)C(C)C)cc2COCc2cn([Se])nn2)cc1. The fourth-order valence-corrected chi connectivity index (χ4v) is 9.62. The Hall–Kier alpha value is -8.12. The summed E-state index contributed by atoms with van der Waals surface area (Å²) in [5.74, 6) is -0.190. The quantitative estimate of drug-likeness (QED) is 0.0452. The number of imidazole rings is 1. The Balaban J connectivity index is 0.810. The molecule has 385 valence electrons. The van der Waals surface area contributed by atoms with Crippen molar-refractivity contribution in [1.29, 1.82) is 0 Å². The van der Waals surface area contributed by atoms with E-state index in [2.05, 4.69) is 76.4 Å². The van der Waals surface area contributed by atoms with Crippen molar-refractivity contribution in [2.75, 3.05) is 23.0 Å². The fourth-order valence-electron chi connectivity index (χ4n) is 9.29. The number of nitrogens with zero attached hydrogens (tertiary/aromatic N) is 6. The van der Waals surface area contributed by atoms with E-state index in [1.165, 1.54) is 3.70 Å². The molecule has 3 aromatic heterocycles. The zero-order valence-electron chi connectivity index (χ0n) is 42.0. The molecule has 1 aliphatic rings. The maximum absolute atomic E-state index is 13.6. The Bertz CT molecular complexity index is 3330. The first kappa shape index (κ1) is 51.8. The number of alkyl carbamates (subject to hydrolysis) is 1. The maximum atomic E-state index is 13.6. The molecule has 3 heterocycles. The van der Waals surface area contributed by atoms with E-state index < -0.39 is 36.1 Å². The Morgan fingerprint density at radius 2 is 1.45 bits per heavy atom.